The average Bonchev–Trinajstić information content (AvgIpc) is 2.65. The summed E-state index contributed by atoms with van der Waals surface area (Å²) >= 11 is 0. The van der Waals surface area contributed by atoms with Crippen LogP contribution >= 0.6 is 0 Å². The van der Waals surface area contributed by atoms with Gasteiger partial charge in [-0.3, -0.25) is 9.59 Å². The highest BCUT2D eigenvalue weighted by Crippen LogP contribution is 2.25. The first-order valence-electron chi connectivity index (χ1n) is 9.30. The van der Waals surface area contributed by atoms with E-state index in [1.54, 1.807) is 4.90 Å². The lowest BCUT2D eigenvalue weighted by atomic mass is 9.92. The maximum Gasteiger partial charge on any atom is 0.243 e. The third-order valence-corrected chi connectivity index (χ3v) is 5.12. The van der Waals surface area contributed by atoms with Gasteiger partial charge in [0, 0.05) is 25.4 Å². The second-order valence-corrected chi connectivity index (χ2v) is 6.91. The number of rotatable bonds is 7. The van der Waals surface area contributed by atoms with E-state index in [1.165, 1.54) is 0 Å². The van der Waals surface area contributed by atoms with Gasteiger partial charge in [0.25, 0.3) is 0 Å². The van der Waals surface area contributed by atoms with Crippen molar-refractivity contribution in [3.8, 4) is 0 Å². The van der Waals surface area contributed by atoms with Gasteiger partial charge in [0.05, 0.1) is 6.10 Å². The van der Waals surface area contributed by atoms with E-state index < -0.39 is 12.1 Å². The Balaban J connectivity index is 2.13. The predicted molar refractivity (Wildman–Crippen MR) is 97.9 cm³/mol. The van der Waals surface area contributed by atoms with Gasteiger partial charge in [-0.15, -0.1) is 0 Å². The molecule has 1 aromatic rings. The van der Waals surface area contributed by atoms with E-state index in [9.17, 15) is 14.7 Å². The van der Waals surface area contributed by atoms with Gasteiger partial charge in [-0.05, 0) is 30.4 Å². The van der Waals surface area contributed by atoms with Crippen LogP contribution < -0.4 is 5.32 Å². The number of nitrogens with zero attached hydrogens (tertiary/aromatic N) is 1. The smallest absolute Gasteiger partial charge is 0.243 e. The summed E-state index contributed by atoms with van der Waals surface area (Å²) in [6.07, 6.45) is 2.11. The Morgan fingerprint density at radius 2 is 1.92 bits per heavy atom. The van der Waals surface area contributed by atoms with E-state index in [0.29, 0.717) is 32.4 Å². The number of aliphatic hydroxyl groups excluding tert-OH is 1. The number of aliphatic hydroxyl groups is 1. The van der Waals surface area contributed by atoms with Gasteiger partial charge in [0.2, 0.25) is 11.8 Å². The molecule has 0 fully saturated rings. The van der Waals surface area contributed by atoms with Crippen molar-refractivity contribution in [1.29, 1.82) is 0 Å². The largest absolute Gasteiger partial charge is 0.393 e. The SMILES string of the molecule is CCC(O)CCNC(=O)C1Cc2ccccc2CN1C(=O)C(C)CC. The second-order valence-electron chi connectivity index (χ2n) is 6.91. The van der Waals surface area contributed by atoms with E-state index >= 15 is 0 Å². The summed E-state index contributed by atoms with van der Waals surface area (Å²) in [7, 11) is 0. The summed E-state index contributed by atoms with van der Waals surface area (Å²) in [5, 5.41) is 12.5. The van der Waals surface area contributed by atoms with E-state index in [-0.39, 0.29) is 17.7 Å². The number of carbonyl (C=O) groups excluding carboxylic acids is 2. The van der Waals surface area contributed by atoms with Gasteiger partial charge in [-0.2, -0.15) is 0 Å². The van der Waals surface area contributed by atoms with E-state index in [4.69, 9.17) is 0 Å². The molecule has 0 saturated carbocycles. The summed E-state index contributed by atoms with van der Waals surface area (Å²) < 4.78 is 0. The zero-order valence-electron chi connectivity index (χ0n) is 15.5. The average molecular weight is 346 g/mol. The Hall–Kier alpha value is -1.88. The number of benzene rings is 1. The molecule has 5 nitrogen and oxygen atoms in total. The zero-order chi connectivity index (χ0) is 18.4. The Morgan fingerprint density at radius 1 is 1.24 bits per heavy atom. The molecule has 3 atom stereocenters. The van der Waals surface area contributed by atoms with Gasteiger partial charge < -0.3 is 15.3 Å². The molecule has 0 aromatic heterocycles. The molecule has 0 radical (unpaired) electrons. The molecule has 1 heterocycles. The van der Waals surface area contributed by atoms with Crippen LogP contribution in [0.1, 0.15) is 51.2 Å². The van der Waals surface area contributed by atoms with Crippen LogP contribution in [0.5, 0.6) is 0 Å². The molecule has 0 bridgehead atoms. The van der Waals surface area contributed by atoms with E-state index in [2.05, 4.69) is 5.32 Å². The van der Waals surface area contributed by atoms with Gasteiger partial charge in [-0.1, -0.05) is 45.0 Å². The molecular weight excluding hydrogens is 316 g/mol. The molecule has 0 saturated heterocycles. The monoisotopic (exact) mass is 346 g/mol. The molecule has 1 aliphatic rings. The third kappa shape index (κ3) is 4.82. The molecule has 3 unspecified atom stereocenters. The van der Waals surface area contributed by atoms with Crippen LogP contribution in [0, 0.1) is 5.92 Å². The van der Waals surface area contributed by atoms with Crippen molar-refractivity contribution < 1.29 is 14.7 Å². The fraction of sp³-hybridized carbons (Fsp3) is 0.600. The molecule has 0 spiro atoms. The van der Waals surface area contributed by atoms with Crippen molar-refractivity contribution in [1.82, 2.24) is 10.2 Å². The van der Waals surface area contributed by atoms with E-state index in [0.717, 1.165) is 17.5 Å². The van der Waals surface area contributed by atoms with Gasteiger partial charge in [-0.25, -0.2) is 0 Å². The molecule has 25 heavy (non-hydrogen) atoms. The maximum absolute atomic E-state index is 12.8. The maximum atomic E-state index is 12.8. The fourth-order valence-corrected chi connectivity index (χ4v) is 3.13. The second kappa shape index (κ2) is 8.99. The van der Waals surface area contributed by atoms with Gasteiger partial charge in [0.1, 0.15) is 6.04 Å². The fourth-order valence-electron chi connectivity index (χ4n) is 3.13. The van der Waals surface area contributed by atoms with Crippen LogP contribution in [0.2, 0.25) is 0 Å². The Morgan fingerprint density at radius 3 is 2.56 bits per heavy atom. The highest BCUT2D eigenvalue weighted by Gasteiger charge is 2.35. The number of fused-ring (bicyclic) bond motifs is 1. The lowest BCUT2D eigenvalue weighted by Gasteiger charge is -2.37. The van der Waals surface area contributed by atoms with Crippen molar-refractivity contribution in [2.24, 2.45) is 5.92 Å². The molecular formula is C20H30N2O3. The minimum Gasteiger partial charge on any atom is -0.393 e. The van der Waals surface area contributed by atoms with Crippen molar-refractivity contribution in [2.75, 3.05) is 6.54 Å². The first-order valence-corrected chi connectivity index (χ1v) is 9.30. The van der Waals surface area contributed by atoms with Crippen molar-refractivity contribution in [2.45, 2.75) is 65.1 Å². The number of amides is 2. The quantitative estimate of drug-likeness (QED) is 0.796. The number of hydrogen-bond acceptors (Lipinski definition) is 3. The lowest BCUT2D eigenvalue weighted by molar-refractivity contribution is -0.144. The van der Waals surface area contributed by atoms with Crippen LogP contribution in [0.15, 0.2) is 24.3 Å². The van der Waals surface area contributed by atoms with Gasteiger partial charge in [0.15, 0.2) is 0 Å². The lowest BCUT2D eigenvalue weighted by Crippen LogP contribution is -2.54. The summed E-state index contributed by atoms with van der Waals surface area (Å²) in [5.41, 5.74) is 2.24. The standard InChI is InChI=1S/C20H30N2O3/c1-4-14(3)20(25)22-13-16-9-7-6-8-15(16)12-18(22)19(24)21-11-10-17(23)5-2/h6-9,14,17-18,23H,4-5,10-13H2,1-3H3,(H,21,24). The minimum atomic E-state index is -0.477. The van der Waals surface area contributed by atoms with Crippen LogP contribution in [0.25, 0.3) is 0 Å². The Kier molecular flexibility index (Phi) is 7.00. The summed E-state index contributed by atoms with van der Waals surface area (Å²) in [4.78, 5) is 27.2. The zero-order valence-corrected chi connectivity index (χ0v) is 15.5. The summed E-state index contributed by atoms with van der Waals surface area (Å²) in [6, 6.07) is 7.52. The third-order valence-electron chi connectivity index (χ3n) is 5.12. The predicted octanol–water partition coefficient (Wildman–Crippen LogP) is 2.26. The molecule has 1 aliphatic heterocycles. The molecule has 2 N–H and O–H groups in total. The van der Waals surface area contributed by atoms with Crippen molar-refractivity contribution >= 4 is 11.8 Å². The summed E-state index contributed by atoms with van der Waals surface area (Å²) in [5.74, 6) is -0.192. The number of nitrogens with one attached hydrogen (secondary N) is 1. The van der Waals surface area contributed by atoms with Gasteiger partial charge >= 0.3 is 0 Å². The Bertz CT molecular complexity index is 602. The Labute approximate surface area is 150 Å². The first kappa shape index (κ1) is 19.4. The van der Waals surface area contributed by atoms with Crippen molar-refractivity contribution in [3.63, 3.8) is 0 Å². The van der Waals surface area contributed by atoms with Crippen LogP contribution in [-0.4, -0.2) is 40.5 Å². The molecule has 0 aliphatic carbocycles. The normalized spacial score (nSPS) is 19.0. The minimum absolute atomic E-state index is 0.0331. The number of hydrogen-bond donors (Lipinski definition) is 2. The van der Waals surface area contributed by atoms with E-state index in [1.807, 2.05) is 45.0 Å². The summed E-state index contributed by atoms with van der Waals surface area (Å²) in [6.45, 7) is 6.72. The van der Waals surface area contributed by atoms with Crippen LogP contribution in [-0.2, 0) is 22.6 Å². The van der Waals surface area contributed by atoms with Crippen molar-refractivity contribution in [3.05, 3.63) is 35.4 Å². The highest BCUT2D eigenvalue weighted by molar-refractivity contribution is 5.89. The molecule has 1 aromatic carbocycles. The van der Waals surface area contributed by atoms with Crippen LogP contribution in [0.4, 0.5) is 0 Å². The molecule has 5 heteroatoms. The van der Waals surface area contributed by atoms with Crippen LogP contribution in [0.3, 0.4) is 0 Å². The molecule has 2 amide bonds. The highest BCUT2D eigenvalue weighted by atomic mass is 16.3. The molecule has 2 rings (SSSR count). The molecule has 138 valence electrons. The first-order chi connectivity index (χ1) is 12.0. The number of carbonyl (C=O) groups is 2. The topological polar surface area (TPSA) is 69.6 Å².